The van der Waals surface area contributed by atoms with Gasteiger partial charge in [-0.25, -0.2) is 0 Å². The lowest BCUT2D eigenvalue weighted by atomic mass is 10.2. The molecule has 1 unspecified atom stereocenters. The molecule has 3 N–H and O–H groups in total. The molecule has 1 aromatic carbocycles. The third-order valence-corrected chi connectivity index (χ3v) is 3.89. The zero-order valence-electron chi connectivity index (χ0n) is 9.28. The van der Waals surface area contributed by atoms with E-state index in [1.54, 1.807) is 0 Å². The average molecular weight is 288 g/mol. The lowest BCUT2D eigenvalue weighted by Gasteiger charge is -2.18. The molecule has 1 saturated heterocycles. The van der Waals surface area contributed by atoms with Crippen molar-refractivity contribution < 1.29 is 17.8 Å². The normalized spacial score (nSPS) is 20.4. The van der Waals surface area contributed by atoms with E-state index in [0.717, 1.165) is 0 Å². The van der Waals surface area contributed by atoms with Crippen molar-refractivity contribution in [2.75, 3.05) is 17.2 Å². The smallest absolute Gasteiger partial charge is 0.294 e. The molecule has 1 heterocycles. The molecule has 0 spiro atoms. The zero-order valence-corrected chi connectivity index (χ0v) is 11.0. The van der Waals surface area contributed by atoms with Crippen molar-refractivity contribution in [3.05, 3.63) is 18.2 Å². The second kappa shape index (κ2) is 4.45. The number of benzene rings is 1. The molecule has 1 aromatic rings. The number of nitrogens with two attached hydrogens (primary N) is 1. The van der Waals surface area contributed by atoms with Crippen molar-refractivity contribution in [1.82, 2.24) is 0 Å². The van der Waals surface area contributed by atoms with Crippen molar-refractivity contribution in [3.63, 3.8) is 0 Å². The fourth-order valence-corrected chi connectivity index (χ4v) is 2.66. The van der Waals surface area contributed by atoms with Crippen LogP contribution in [0.2, 0.25) is 0 Å². The molecular weight excluding hydrogens is 276 g/mol. The zero-order chi connectivity index (χ0) is 13.5. The van der Waals surface area contributed by atoms with Crippen LogP contribution in [0.1, 0.15) is 6.42 Å². The summed E-state index contributed by atoms with van der Waals surface area (Å²) in [5.41, 5.74) is 6.28. The summed E-state index contributed by atoms with van der Waals surface area (Å²) in [5, 5.41) is -0.105. The maximum absolute atomic E-state index is 11.7. The summed E-state index contributed by atoms with van der Waals surface area (Å²) < 4.78 is 31.1. The number of anilines is 2. The topological polar surface area (TPSA) is 101 Å². The van der Waals surface area contributed by atoms with Gasteiger partial charge in [0.1, 0.15) is 0 Å². The fourth-order valence-electron chi connectivity index (χ4n) is 1.84. The Hall–Kier alpha value is -1.25. The van der Waals surface area contributed by atoms with E-state index in [0.29, 0.717) is 6.54 Å². The lowest BCUT2D eigenvalue weighted by Crippen LogP contribution is -2.25. The Morgan fingerprint density at radius 1 is 1.44 bits per heavy atom. The monoisotopic (exact) mass is 288 g/mol. The van der Waals surface area contributed by atoms with Gasteiger partial charge < -0.3 is 10.6 Å². The van der Waals surface area contributed by atoms with Crippen LogP contribution in [0, 0.1) is 0 Å². The number of rotatable bonds is 2. The highest BCUT2D eigenvalue weighted by Crippen LogP contribution is 2.31. The molecule has 6 nitrogen and oxygen atoms in total. The summed E-state index contributed by atoms with van der Waals surface area (Å²) >= 11 is 4.21. The van der Waals surface area contributed by atoms with Crippen molar-refractivity contribution in [2.45, 2.75) is 16.6 Å². The Bertz CT molecular complexity index is 600. The molecule has 0 bridgehead atoms. The Labute approximate surface area is 110 Å². The molecule has 0 aliphatic carbocycles. The molecule has 0 radical (unpaired) electrons. The van der Waals surface area contributed by atoms with Crippen LogP contribution in [0.5, 0.6) is 0 Å². The number of thiol groups is 1. The second-order valence-corrected chi connectivity index (χ2v) is 6.21. The molecule has 1 atom stereocenters. The average Bonchev–Trinajstić information content (AvgIpc) is 2.56. The highest BCUT2D eigenvalue weighted by Gasteiger charge is 2.30. The predicted molar refractivity (Wildman–Crippen MR) is 70.4 cm³/mol. The molecule has 1 aliphatic heterocycles. The number of nitrogen functional groups attached to an aromatic ring is 1. The van der Waals surface area contributed by atoms with Gasteiger partial charge in [0.2, 0.25) is 5.91 Å². The van der Waals surface area contributed by atoms with Crippen LogP contribution < -0.4 is 10.6 Å². The van der Waals surface area contributed by atoms with Gasteiger partial charge in [0, 0.05) is 18.2 Å². The van der Waals surface area contributed by atoms with E-state index in [-0.39, 0.29) is 33.8 Å². The first-order valence-electron chi connectivity index (χ1n) is 5.14. The number of nitrogens with zero attached hydrogens (tertiary/aromatic N) is 1. The quantitative estimate of drug-likeness (QED) is 0.419. The minimum atomic E-state index is -4.32. The molecule has 98 valence electrons. The number of amides is 1. The maximum Gasteiger partial charge on any atom is 0.294 e. The van der Waals surface area contributed by atoms with Crippen LogP contribution in [0.15, 0.2) is 23.1 Å². The second-order valence-electron chi connectivity index (χ2n) is 4.06. The van der Waals surface area contributed by atoms with Gasteiger partial charge in [0.25, 0.3) is 10.1 Å². The van der Waals surface area contributed by atoms with E-state index in [1.807, 2.05) is 0 Å². The van der Waals surface area contributed by atoms with E-state index in [2.05, 4.69) is 12.6 Å². The third kappa shape index (κ3) is 2.45. The van der Waals surface area contributed by atoms with Crippen LogP contribution in [-0.4, -0.2) is 30.7 Å². The first-order chi connectivity index (χ1) is 8.29. The van der Waals surface area contributed by atoms with Crippen LogP contribution in [0.4, 0.5) is 11.4 Å². The van der Waals surface area contributed by atoms with Gasteiger partial charge in [0.15, 0.2) is 0 Å². The van der Waals surface area contributed by atoms with Crippen LogP contribution in [0.3, 0.4) is 0 Å². The molecular formula is C10H12N2O4S2. The van der Waals surface area contributed by atoms with Crippen molar-refractivity contribution in [3.8, 4) is 0 Å². The van der Waals surface area contributed by atoms with Crippen LogP contribution in [0.25, 0.3) is 0 Å². The molecule has 0 aromatic heterocycles. The fraction of sp³-hybridized carbons (Fsp3) is 0.300. The van der Waals surface area contributed by atoms with Gasteiger partial charge in [-0.2, -0.15) is 21.0 Å². The van der Waals surface area contributed by atoms with Gasteiger partial charge in [0.05, 0.1) is 16.3 Å². The summed E-state index contributed by atoms with van der Waals surface area (Å²) in [5.74, 6) is -0.172. The highest BCUT2D eigenvalue weighted by molar-refractivity contribution is 7.85. The number of carbonyl (C=O) groups excluding carboxylic acids is 1. The highest BCUT2D eigenvalue weighted by atomic mass is 32.2. The summed E-state index contributed by atoms with van der Waals surface area (Å²) in [4.78, 5) is 12.8. The molecule has 8 heteroatoms. The molecule has 1 fully saturated rings. The van der Waals surface area contributed by atoms with Crippen molar-refractivity contribution >= 4 is 40.0 Å². The van der Waals surface area contributed by atoms with E-state index in [4.69, 9.17) is 10.3 Å². The van der Waals surface area contributed by atoms with Gasteiger partial charge in [-0.05, 0) is 18.2 Å². The Balaban J connectivity index is 2.48. The minimum Gasteiger partial charge on any atom is -0.397 e. The minimum absolute atomic E-state index is 0.105. The summed E-state index contributed by atoms with van der Waals surface area (Å²) in [6.45, 7) is 0.362. The Morgan fingerprint density at radius 2 is 2.11 bits per heavy atom. The van der Waals surface area contributed by atoms with E-state index in [9.17, 15) is 13.2 Å². The number of hydrogen-bond acceptors (Lipinski definition) is 5. The van der Waals surface area contributed by atoms with Crippen LogP contribution in [-0.2, 0) is 14.9 Å². The first kappa shape index (κ1) is 13.2. The van der Waals surface area contributed by atoms with Gasteiger partial charge in [-0.15, -0.1) is 0 Å². The number of hydrogen-bond donors (Lipinski definition) is 3. The SMILES string of the molecule is Nc1ccc(S(=O)(=O)O)cc1N1CC(S)CC1=O. The van der Waals surface area contributed by atoms with Gasteiger partial charge in [-0.1, -0.05) is 0 Å². The van der Waals surface area contributed by atoms with Crippen molar-refractivity contribution in [2.24, 2.45) is 0 Å². The van der Waals surface area contributed by atoms with Crippen molar-refractivity contribution in [1.29, 1.82) is 0 Å². The molecule has 0 saturated carbocycles. The molecule has 1 amide bonds. The summed E-state index contributed by atoms with van der Waals surface area (Å²) in [6.07, 6.45) is 0.276. The van der Waals surface area contributed by atoms with Gasteiger partial charge in [-0.3, -0.25) is 9.35 Å². The largest absolute Gasteiger partial charge is 0.397 e. The van der Waals surface area contributed by atoms with E-state index < -0.39 is 10.1 Å². The summed E-state index contributed by atoms with van der Waals surface area (Å²) in [7, 11) is -4.32. The summed E-state index contributed by atoms with van der Waals surface area (Å²) in [6, 6.07) is 3.72. The Morgan fingerprint density at radius 3 is 2.61 bits per heavy atom. The first-order valence-corrected chi connectivity index (χ1v) is 7.10. The van der Waals surface area contributed by atoms with Crippen LogP contribution >= 0.6 is 12.6 Å². The van der Waals surface area contributed by atoms with E-state index in [1.165, 1.54) is 23.1 Å². The van der Waals surface area contributed by atoms with E-state index >= 15 is 0 Å². The Kier molecular flexibility index (Phi) is 3.26. The predicted octanol–water partition coefficient (Wildman–Crippen LogP) is 0.551. The number of carbonyl (C=O) groups is 1. The van der Waals surface area contributed by atoms with Gasteiger partial charge >= 0.3 is 0 Å². The standard InChI is InChI=1S/C10H12N2O4S2/c11-8-2-1-7(18(14,15)16)4-9(8)12-5-6(17)3-10(12)13/h1-2,4,6,17H,3,5,11H2,(H,14,15,16). The lowest BCUT2D eigenvalue weighted by molar-refractivity contribution is -0.117. The maximum atomic E-state index is 11.7. The molecule has 2 rings (SSSR count). The molecule has 18 heavy (non-hydrogen) atoms. The third-order valence-electron chi connectivity index (χ3n) is 2.70. The molecule has 1 aliphatic rings.